The summed E-state index contributed by atoms with van der Waals surface area (Å²) in [5, 5.41) is 0. The van der Waals surface area contributed by atoms with E-state index in [1.165, 1.54) is 27.2 Å². The molecule has 1 aliphatic carbocycles. The summed E-state index contributed by atoms with van der Waals surface area (Å²) < 4.78 is 5.37. The third kappa shape index (κ3) is 4.35. The molecular formula is C22H26ClNO2. The van der Waals surface area contributed by atoms with Crippen molar-refractivity contribution < 1.29 is 26.8 Å². The highest BCUT2D eigenvalue weighted by molar-refractivity contribution is 5.84. The van der Waals surface area contributed by atoms with Crippen molar-refractivity contribution in [2.75, 3.05) is 26.2 Å². The van der Waals surface area contributed by atoms with Gasteiger partial charge in [-0.25, -0.2) is 4.79 Å². The van der Waals surface area contributed by atoms with Crippen molar-refractivity contribution in [2.45, 2.75) is 19.8 Å². The van der Waals surface area contributed by atoms with Crippen molar-refractivity contribution in [3.05, 3.63) is 71.8 Å². The van der Waals surface area contributed by atoms with Gasteiger partial charge >= 0.3 is 5.97 Å². The van der Waals surface area contributed by atoms with Crippen molar-refractivity contribution in [1.82, 2.24) is 0 Å². The number of likely N-dealkylation sites (N-methyl/N-ethyl adjacent to an activating group) is 1. The summed E-state index contributed by atoms with van der Waals surface area (Å²) in [6, 6.07) is 16.8. The number of carbonyl (C=O) groups excluding carboxylic acids is 1. The Hall–Kier alpha value is -2.10. The number of hydrogen-bond donors (Lipinski definition) is 1. The number of allylic oxidation sites excluding steroid dienone is 1. The number of rotatable bonds is 7. The van der Waals surface area contributed by atoms with Gasteiger partial charge < -0.3 is 22.0 Å². The Morgan fingerprint density at radius 3 is 2.08 bits per heavy atom. The third-order valence-corrected chi connectivity index (χ3v) is 5.01. The number of fused-ring (bicyclic) bond motifs is 3. The van der Waals surface area contributed by atoms with Gasteiger partial charge in [-0.3, -0.25) is 0 Å². The van der Waals surface area contributed by atoms with Crippen LogP contribution in [-0.4, -0.2) is 32.2 Å². The largest absolute Gasteiger partial charge is 1.00 e. The van der Waals surface area contributed by atoms with Gasteiger partial charge in [0.2, 0.25) is 0 Å². The lowest BCUT2D eigenvalue weighted by atomic mass is 9.96. The van der Waals surface area contributed by atoms with Crippen molar-refractivity contribution in [3.8, 4) is 11.1 Å². The Morgan fingerprint density at radius 1 is 1.00 bits per heavy atom. The minimum absolute atomic E-state index is 0. The van der Waals surface area contributed by atoms with Gasteiger partial charge in [-0.05, 0) is 36.1 Å². The lowest BCUT2D eigenvalue weighted by molar-refractivity contribution is -0.896. The number of hydrogen-bond acceptors (Lipinski definition) is 2. The van der Waals surface area contributed by atoms with Gasteiger partial charge in [0.15, 0.2) is 0 Å². The summed E-state index contributed by atoms with van der Waals surface area (Å²) in [7, 11) is 0. The van der Waals surface area contributed by atoms with Crippen molar-refractivity contribution in [3.63, 3.8) is 0 Å². The van der Waals surface area contributed by atoms with Gasteiger partial charge in [0.1, 0.15) is 13.2 Å². The molecule has 3 nitrogen and oxygen atoms in total. The molecule has 2 aromatic carbocycles. The molecular weight excluding hydrogens is 346 g/mol. The summed E-state index contributed by atoms with van der Waals surface area (Å²) in [5.41, 5.74) is 5.01. The SMILES string of the molecule is CC[NH+](CC)CCOC(=O)/C=C/C1c2ccccc2-c2ccccc21.[Cl-]. The predicted molar refractivity (Wildman–Crippen MR) is 101 cm³/mol. The van der Waals surface area contributed by atoms with Gasteiger partial charge in [-0.15, -0.1) is 0 Å². The second-order valence-electron chi connectivity index (χ2n) is 6.39. The van der Waals surface area contributed by atoms with E-state index in [2.05, 4.69) is 62.4 Å². The van der Waals surface area contributed by atoms with Crippen LogP contribution >= 0.6 is 0 Å². The maximum atomic E-state index is 12.1. The molecule has 2 aromatic rings. The molecule has 0 radical (unpaired) electrons. The summed E-state index contributed by atoms with van der Waals surface area (Å²) in [5.74, 6) is -0.137. The highest BCUT2D eigenvalue weighted by Crippen LogP contribution is 2.44. The molecule has 0 aliphatic heterocycles. The summed E-state index contributed by atoms with van der Waals surface area (Å²) in [4.78, 5) is 13.5. The van der Waals surface area contributed by atoms with Crippen LogP contribution in [0.3, 0.4) is 0 Å². The maximum absolute atomic E-state index is 12.1. The molecule has 0 saturated heterocycles. The predicted octanol–water partition coefficient (Wildman–Crippen LogP) is -0.173. The van der Waals surface area contributed by atoms with Crippen LogP contribution in [-0.2, 0) is 9.53 Å². The average Bonchev–Trinajstić information content (AvgIpc) is 2.97. The van der Waals surface area contributed by atoms with Crippen LogP contribution < -0.4 is 17.3 Å². The smallest absolute Gasteiger partial charge is 0.330 e. The molecule has 26 heavy (non-hydrogen) atoms. The molecule has 1 aliphatic rings. The lowest BCUT2D eigenvalue weighted by Crippen LogP contribution is -3.11. The van der Waals surface area contributed by atoms with E-state index in [0.29, 0.717) is 6.61 Å². The zero-order valence-electron chi connectivity index (χ0n) is 15.4. The normalized spacial score (nSPS) is 12.7. The molecule has 0 atom stereocenters. The van der Waals surface area contributed by atoms with E-state index < -0.39 is 0 Å². The first-order valence-electron chi connectivity index (χ1n) is 9.11. The fourth-order valence-electron chi connectivity index (χ4n) is 3.52. The van der Waals surface area contributed by atoms with Crippen molar-refractivity contribution in [2.24, 2.45) is 0 Å². The van der Waals surface area contributed by atoms with Crippen LogP contribution in [0.2, 0.25) is 0 Å². The first-order chi connectivity index (χ1) is 12.2. The van der Waals surface area contributed by atoms with Crippen LogP contribution in [0, 0.1) is 0 Å². The molecule has 0 amide bonds. The van der Waals surface area contributed by atoms with E-state index in [1.807, 2.05) is 6.08 Å². The number of esters is 1. The molecule has 0 spiro atoms. The van der Waals surface area contributed by atoms with Crippen LogP contribution in [0.1, 0.15) is 30.9 Å². The molecule has 0 heterocycles. The van der Waals surface area contributed by atoms with Gasteiger partial charge in [0.05, 0.1) is 13.1 Å². The third-order valence-electron chi connectivity index (χ3n) is 5.01. The molecule has 1 N–H and O–H groups in total. The number of carbonyl (C=O) groups is 1. The maximum Gasteiger partial charge on any atom is 0.330 e. The number of nitrogens with one attached hydrogen (secondary N) is 1. The number of benzene rings is 2. The Kier molecular flexibility index (Phi) is 7.43. The van der Waals surface area contributed by atoms with Gasteiger partial charge in [-0.1, -0.05) is 54.6 Å². The topological polar surface area (TPSA) is 30.7 Å². The molecule has 4 heteroatoms. The van der Waals surface area contributed by atoms with Gasteiger partial charge in [0.25, 0.3) is 0 Å². The van der Waals surface area contributed by atoms with E-state index in [0.717, 1.165) is 19.6 Å². The zero-order chi connectivity index (χ0) is 17.6. The highest BCUT2D eigenvalue weighted by Gasteiger charge is 2.26. The first kappa shape index (κ1) is 20.2. The lowest BCUT2D eigenvalue weighted by Gasteiger charge is -2.14. The monoisotopic (exact) mass is 371 g/mol. The molecule has 0 fully saturated rings. The molecule has 138 valence electrons. The summed E-state index contributed by atoms with van der Waals surface area (Å²) >= 11 is 0. The molecule has 3 rings (SSSR count). The number of quaternary nitrogens is 1. The molecule has 0 aromatic heterocycles. The quantitative estimate of drug-likeness (QED) is 0.541. The average molecular weight is 372 g/mol. The Labute approximate surface area is 162 Å². The van der Waals surface area contributed by atoms with Crippen LogP contribution in [0.5, 0.6) is 0 Å². The van der Waals surface area contributed by atoms with E-state index in [1.54, 1.807) is 6.08 Å². The highest BCUT2D eigenvalue weighted by atomic mass is 35.5. The van der Waals surface area contributed by atoms with E-state index in [4.69, 9.17) is 4.74 Å². The molecule has 0 unspecified atom stereocenters. The molecule has 0 saturated carbocycles. The van der Waals surface area contributed by atoms with E-state index >= 15 is 0 Å². The van der Waals surface area contributed by atoms with Crippen LogP contribution in [0.4, 0.5) is 0 Å². The van der Waals surface area contributed by atoms with E-state index in [9.17, 15) is 4.79 Å². The standard InChI is InChI=1S/C22H25NO2.ClH/c1-3-23(4-2)15-16-25-22(24)14-13-21-19-11-7-5-9-17(19)18-10-6-8-12-20(18)21;/h5-14,21H,3-4,15-16H2,1-2H3;1H/b14-13+;. The van der Waals surface area contributed by atoms with Gasteiger partial charge in [-0.2, -0.15) is 0 Å². The zero-order valence-corrected chi connectivity index (χ0v) is 16.1. The van der Waals surface area contributed by atoms with Crippen molar-refractivity contribution >= 4 is 5.97 Å². The molecule has 0 bridgehead atoms. The minimum atomic E-state index is -0.256. The fraction of sp³-hybridized carbons (Fsp3) is 0.318. The number of ether oxygens (including phenoxy) is 1. The second-order valence-corrected chi connectivity index (χ2v) is 6.39. The Balaban J connectivity index is 0.00000243. The Morgan fingerprint density at radius 2 is 1.54 bits per heavy atom. The fourth-order valence-corrected chi connectivity index (χ4v) is 3.52. The van der Waals surface area contributed by atoms with Crippen molar-refractivity contribution in [1.29, 1.82) is 0 Å². The minimum Gasteiger partial charge on any atom is -1.00 e. The van der Waals surface area contributed by atoms with Crippen LogP contribution in [0.15, 0.2) is 60.7 Å². The summed E-state index contributed by atoms with van der Waals surface area (Å²) in [6.07, 6.45) is 3.55. The Bertz CT molecular complexity index is 723. The first-order valence-corrected chi connectivity index (χ1v) is 9.11. The summed E-state index contributed by atoms with van der Waals surface area (Å²) in [6.45, 7) is 7.74. The second kappa shape index (κ2) is 9.56. The van der Waals surface area contributed by atoms with Gasteiger partial charge in [0, 0.05) is 12.0 Å². The van der Waals surface area contributed by atoms with E-state index in [-0.39, 0.29) is 24.3 Å². The van der Waals surface area contributed by atoms with Crippen LogP contribution in [0.25, 0.3) is 11.1 Å². The number of halogens is 1.